The van der Waals surface area contributed by atoms with Crippen LogP contribution in [0.25, 0.3) is 0 Å². The van der Waals surface area contributed by atoms with E-state index in [0.717, 1.165) is 31.4 Å². The molecule has 0 atom stereocenters. The Morgan fingerprint density at radius 1 is 1.14 bits per heavy atom. The average molecular weight is 267 g/mol. The second-order valence-corrected chi connectivity index (χ2v) is 4.15. The minimum absolute atomic E-state index is 0.0538. The van der Waals surface area contributed by atoms with Gasteiger partial charge in [0.1, 0.15) is 0 Å². The second-order valence-electron chi connectivity index (χ2n) is 3.36. The molecule has 0 N–H and O–H groups in total. The quantitative estimate of drug-likeness (QED) is 0.722. The molecule has 1 aliphatic heterocycles. The lowest BCUT2D eigenvalue weighted by Gasteiger charge is -2.22. The van der Waals surface area contributed by atoms with Gasteiger partial charge in [0.25, 0.3) is 0 Å². The van der Waals surface area contributed by atoms with Gasteiger partial charge in [-0.2, -0.15) is 0 Å². The first kappa shape index (κ1) is 14.4. The number of unbranched alkanes of at least 4 members (excludes halogenated alkanes) is 2. The summed E-state index contributed by atoms with van der Waals surface area (Å²) in [6.45, 7) is 6.14. The molecular weight excluding hydrogens is 244 g/mol. The average Bonchev–Trinajstić information content (AvgIpc) is 2.22. The summed E-state index contributed by atoms with van der Waals surface area (Å²) in [7, 11) is 0. The van der Waals surface area contributed by atoms with Crippen molar-refractivity contribution in [3.05, 3.63) is 0 Å². The lowest BCUT2D eigenvalue weighted by atomic mass is 10.3. The van der Waals surface area contributed by atoms with Crippen LogP contribution in [-0.2, 0) is 9.47 Å². The monoisotopic (exact) mass is 266 g/mol. The van der Waals surface area contributed by atoms with Crippen molar-refractivity contribution in [2.24, 2.45) is 0 Å². The smallest absolute Gasteiger partial charge is 0.158 e. The van der Waals surface area contributed by atoms with Gasteiger partial charge < -0.3 is 9.47 Å². The molecule has 1 aliphatic rings. The standard InChI is InChI=1S/C6H11BrO2.C5H12/c7-3-2-6-8-4-1-5-9-6;1-3-5-4-2/h6H,1-5H2;3-5H2,1-2H3. The van der Waals surface area contributed by atoms with Gasteiger partial charge >= 0.3 is 0 Å². The normalized spacial score (nSPS) is 17.4. The molecule has 1 heterocycles. The summed E-state index contributed by atoms with van der Waals surface area (Å²) in [4.78, 5) is 0. The SMILES string of the molecule is BrCCC1OCCCO1.CCCCC. The van der Waals surface area contributed by atoms with E-state index in [1.54, 1.807) is 0 Å². The third-order valence-electron chi connectivity index (χ3n) is 1.95. The predicted molar refractivity (Wildman–Crippen MR) is 63.9 cm³/mol. The highest BCUT2D eigenvalue weighted by atomic mass is 79.9. The molecule has 0 aromatic heterocycles. The molecule has 0 aromatic rings. The van der Waals surface area contributed by atoms with E-state index in [4.69, 9.17) is 9.47 Å². The topological polar surface area (TPSA) is 18.5 Å². The van der Waals surface area contributed by atoms with Crippen LogP contribution in [-0.4, -0.2) is 24.8 Å². The number of hydrogen-bond donors (Lipinski definition) is 0. The van der Waals surface area contributed by atoms with Crippen LogP contribution in [0.3, 0.4) is 0 Å². The molecule has 0 aliphatic carbocycles. The molecule has 0 saturated carbocycles. The molecule has 1 fully saturated rings. The first-order valence-electron chi connectivity index (χ1n) is 5.64. The summed E-state index contributed by atoms with van der Waals surface area (Å²) in [5.41, 5.74) is 0. The van der Waals surface area contributed by atoms with Crippen molar-refractivity contribution in [3.63, 3.8) is 0 Å². The van der Waals surface area contributed by atoms with E-state index in [2.05, 4.69) is 29.8 Å². The Bertz CT molecular complexity index is 98.7. The maximum Gasteiger partial charge on any atom is 0.158 e. The summed E-state index contributed by atoms with van der Waals surface area (Å²) in [6.07, 6.45) is 6.13. The van der Waals surface area contributed by atoms with Crippen molar-refractivity contribution in [2.75, 3.05) is 18.5 Å². The van der Waals surface area contributed by atoms with E-state index in [1.165, 1.54) is 19.3 Å². The Morgan fingerprint density at radius 2 is 1.71 bits per heavy atom. The molecule has 0 radical (unpaired) electrons. The van der Waals surface area contributed by atoms with Crippen LogP contribution < -0.4 is 0 Å². The molecule has 86 valence electrons. The highest BCUT2D eigenvalue weighted by Gasteiger charge is 2.11. The second kappa shape index (κ2) is 11.5. The van der Waals surface area contributed by atoms with Gasteiger partial charge in [-0.25, -0.2) is 0 Å². The third kappa shape index (κ3) is 8.97. The van der Waals surface area contributed by atoms with E-state index in [1.807, 2.05) is 0 Å². The molecule has 1 rings (SSSR count). The van der Waals surface area contributed by atoms with Gasteiger partial charge in [-0.3, -0.25) is 0 Å². The number of ether oxygens (including phenoxy) is 2. The first-order chi connectivity index (χ1) is 6.85. The van der Waals surface area contributed by atoms with E-state index in [0.29, 0.717) is 0 Å². The van der Waals surface area contributed by atoms with Crippen LogP contribution in [0.1, 0.15) is 46.0 Å². The Hall–Kier alpha value is 0.400. The van der Waals surface area contributed by atoms with Gasteiger partial charge in [-0.05, 0) is 6.42 Å². The first-order valence-corrected chi connectivity index (χ1v) is 6.76. The van der Waals surface area contributed by atoms with Crippen LogP contribution >= 0.6 is 15.9 Å². The van der Waals surface area contributed by atoms with Crippen molar-refractivity contribution in [1.82, 2.24) is 0 Å². The molecule has 14 heavy (non-hydrogen) atoms. The van der Waals surface area contributed by atoms with Crippen molar-refractivity contribution < 1.29 is 9.47 Å². The van der Waals surface area contributed by atoms with Crippen molar-refractivity contribution >= 4 is 15.9 Å². The maximum absolute atomic E-state index is 5.27. The number of halogens is 1. The minimum atomic E-state index is 0.0538. The molecule has 0 amide bonds. The number of rotatable bonds is 4. The fraction of sp³-hybridized carbons (Fsp3) is 1.00. The number of hydrogen-bond acceptors (Lipinski definition) is 2. The molecule has 1 saturated heterocycles. The fourth-order valence-corrected chi connectivity index (χ4v) is 1.52. The minimum Gasteiger partial charge on any atom is -0.353 e. The summed E-state index contributed by atoms with van der Waals surface area (Å²) in [5.74, 6) is 0. The van der Waals surface area contributed by atoms with Gasteiger partial charge in [-0.15, -0.1) is 0 Å². The maximum atomic E-state index is 5.27. The summed E-state index contributed by atoms with van der Waals surface area (Å²) >= 11 is 3.32. The van der Waals surface area contributed by atoms with Crippen LogP contribution in [0, 0.1) is 0 Å². The van der Waals surface area contributed by atoms with Gasteiger partial charge in [-0.1, -0.05) is 49.0 Å². The fourth-order valence-electron chi connectivity index (χ4n) is 1.15. The van der Waals surface area contributed by atoms with Crippen molar-refractivity contribution in [3.8, 4) is 0 Å². The van der Waals surface area contributed by atoms with E-state index < -0.39 is 0 Å². The molecular formula is C11H23BrO2. The van der Waals surface area contributed by atoms with Crippen LogP contribution in [0.4, 0.5) is 0 Å². The zero-order chi connectivity index (χ0) is 10.6. The lowest BCUT2D eigenvalue weighted by molar-refractivity contribution is -0.178. The largest absolute Gasteiger partial charge is 0.353 e. The van der Waals surface area contributed by atoms with Crippen molar-refractivity contribution in [2.45, 2.75) is 52.2 Å². The van der Waals surface area contributed by atoms with Gasteiger partial charge in [0, 0.05) is 11.8 Å². The molecule has 3 heteroatoms. The molecule has 0 spiro atoms. The van der Waals surface area contributed by atoms with E-state index >= 15 is 0 Å². The Kier molecular flexibility index (Phi) is 11.8. The highest BCUT2D eigenvalue weighted by molar-refractivity contribution is 9.09. The molecule has 0 bridgehead atoms. The van der Waals surface area contributed by atoms with Gasteiger partial charge in [0.2, 0.25) is 0 Å². The Labute approximate surface area is 96.5 Å². The van der Waals surface area contributed by atoms with Gasteiger partial charge in [0.15, 0.2) is 6.29 Å². The molecule has 0 aromatic carbocycles. The van der Waals surface area contributed by atoms with Crippen molar-refractivity contribution in [1.29, 1.82) is 0 Å². The van der Waals surface area contributed by atoms with Gasteiger partial charge in [0.05, 0.1) is 13.2 Å². The molecule has 0 unspecified atom stereocenters. The van der Waals surface area contributed by atoms with Crippen LogP contribution in [0.2, 0.25) is 0 Å². The van der Waals surface area contributed by atoms with Crippen LogP contribution in [0.15, 0.2) is 0 Å². The Morgan fingerprint density at radius 3 is 2.07 bits per heavy atom. The summed E-state index contributed by atoms with van der Waals surface area (Å²) in [5, 5.41) is 0.956. The zero-order valence-corrected chi connectivity index (χ0v) is 11.0. The summed E-state index contributed by atoms with van der Waals surface area (Å²) in [6, 6.07) is 0. The lowest BCUT2D eigenvalue weighted by Crippen LogP contribution is -2.24. The van der Waals surface area contributed by atoms with Crippen LogP contribution in [0.5, 0.6) is 0 Å². The Balaban J connectivity index is 0.000000292. The molecule has 2 nitrogen and oxygen atoms in total. The summed E-state index contributed by atoms with van der Waals surface area (Å²) < 4.78 is 10.5. The highest BCUT2D eigenvalue weighted by Crippen LogP contribution is 2.08. The zero-order valence-electron chi connectivity index (χ0n) is 9.43. The third-order valence-corrected chi connectivity index (χ3v) is 2.41. The predicted octanol–water partition coefficient (Wildman–Crippen LogP) is 3.73. The van der Waals surface area contributed by atoms with E-state index in [-0.39, 0.29) is 6.29 Å². The number of alkyl halides is 1. The van der Waals surface area contributed by atoms with E-state index in [9.17, 15) is 0 Å².